The van der Waals surface area contributed by atoms with Gasteiger partial charge in [0.1, 0.15) is 0 Å². The van der Waals surface area contributed by atoms with E-state index in [1.54, 1.807) is 23.6 Å². The molecule has 1 aromatic rings. The van der Waals surface area contributed by atoms with Crippen molar-refractivity contribution in [2.75, 3.05) is 18.8 Å². The van der Waals surface area contributed by atoms with E-state index in [0.717, 1.165) is 16.3 Å². The minimum atomic E-state index is -0.684. The molecule has 0 unspecified atom stereocenters. The monoisotopic (exact) mass is 285 g/mol. The molecule has 1 amide bonds. The van der Waals surface area contributed by atoms with E-state index in [0.29, 0.717) is 18.8 Å². The van der Waals surface area contributed by atoms with Gasteiger partial charge in [-0.15, -0.1) is 11.8 Å². The van der Waals surface area contributed by atoms with Gasteiger partial charge in [-0.2, -0.15) is 0 Å². The third kappa shape index (κ3) is 3.64. The summed E-state index contributed by atoms with van der Waals surface area (Å²) in [5.74, 6) is 1.35. The summed E-state index contributed by atoms with van der Waals surface area (Å²) in [6.07, 6.45) is 0. The van der Waals surface area contributed by atoms with E-state index in [-0.39, 0.29) is 5.91 Å². The number of aliphatic hydroxyl groups is 1. The number of carbonyl (C=O) groups is 1. The van der Waals surface area contributed by atoms with Crippen molar-refractivity contribution >= 4 is 29.3 Å². The highest BCUT2D eigenvalue weighted by molar-refractivity contribution is 7.99. The minimum absolute atomic E-state index is 0.0977. The lowest BCUT2D eigenvalue weighted by Crippen LogP contribution is -2.62. The predicted molar refractivity (Wildman–Crippen MR) is 74.8 cm³/mol. The molecular weight excluding hydrogens is 270 g/mol. The van der Waals surface area contributed by atoms with Gasteiger partial charge in [-0.05, 0) is 24.6 Å². The third-order valence-electron chi connectivity index (χ3n) is 2.82. The molecule has 0 aliphatic carbocycles. The Balaban J connectivity index is 1.69. The molecule has 1 aromatic carbocycles. The number of β-amino-alcohol motifs (C(OH)–C–C–N with tert-alkyl or cyclic N) is 1. The molecule has 0 bridgehead atoms. The van der Waals surface area contributed by atoms with E-state index < -0.39 is 5.60 Å². The number of halogens is 1. The van der Waals surface area contributed by atoms with Gasteiger partial charge in [0.05, 0.1) is 24.4 Å². The van der Waals surface area contributed by atoms with Gasteiger partial charge in [-0.1, -0.05) is 23.7 Å². The Hall–Kier alpha value is -0.710. The summed E-state index contributed by atoms with van der Waals surface area (Å²) in [4.78, 5) is 13.4. The number of carbonyl (C=O) groups excluding carboxylic acids is 1. The van der Waals surface area contributed by atoms with Crippen LogP contribution >= 0.6 is 23.4 Å². The fourth-order valence-corrected chi connectivity index (χ4v) is 2.89. The molecule has 1 aliphatic rings. The van der Waals surface area contributed by atoms with Gasteiger partial charge in [0, 0.05) is 10.8 Å². The lowest BCUT2D eigenvalue weighted by Gasteiger charge is -2.44. The molecule has 0 aromatic heterocycles. The highest BCUT2D eigenvalue weighted by atomic mass is 35.5. The number of nitrogens with zero attached hydrogens (tertiary/aromatic N) is 1. The van der Waals surface area contributed by atoms with Crippen LogP contribution in [0.25, 0.3) is 0 Å². The predicted octanol–water partition coefficient (Wildman–Crippen LogP) is 2.17. The van der Waals surface area contributed by atoms with Crippen molar-refractivity contribution in [3.63, 3.8) is 0 Å². The number of likely N-dealkylation sites (tertiary alicyclic amines) is 1. The van der Waals surface area contributed by atoms with Crippen LogP contribution in [0.4, 0.5) is 0 Å². The van der Waals surface area contributed by atoms with Crippen molar-refractivity contribution < 1.29 is 9.90 Å². The Morgan fingerprint density at radius 2 is 2.06 bits per heavy atom. The maximum absolute atomic E-state index is 11.7. The van der Waals surface area contributed by atoms with Gasteiger partial charge < -0.3 is 10.0 Å². The van der Waals surface area contributed by atoms with E-state index in [9.17, 15) is 9.90 Å². The Kier molecular flexibility index (Phi) is 4.20. The van der Waals surface area contributed by atoms with Crippen LogP contribution in [0, 0.1) is 0 Å². The lowest BCUT2D eigenvalue weighted by molar-refractivity contribution is -0.149. The fourth-order valence-electron chi connectivity index (χ4n) is 1.88. The van der Waals surface area contributed by atoms with Crippen LogP contribution in [0.15, 0.2) is 24.3 Å². The molecule has 0 saturated carbocycles. The number of thioether (sulfide) groups is 1. The lowest BCUT2D eigenvalue weighted by atomic mass is 9.97. The molecule has 1 saturated heterocycles. The summed E-state index contributed by atoms with van der Waals surface area (Å²) in [6.45, 7) is 2.65. The summed E-state index contributed by atoms with van der Waals surface area (Å²) < 4.78 is 0. The topological polar surface area (TPSA) is 40.5 Å². The van der Waals surface area contributed by atoms with Crippen LogP contribution in [0.1, 0.15) is 12.5 Å². The van der Waals surface area contributed by atoms with Gasteiger partial charge in [0.15, 0.2) is 0 Å². The van der Waals surface area contributed by atoms with Crippen molar-refractivity contribution in [1.82, 2.24) is 4.90 Å². The first-order valence-electron chi connectivity index (χ1n) is 5.79. The number of amides is 1. The highest BCUT2D eigenvalue weighted by Gasteiger charge is 2.38. The van der Waals surface area contributed by atoms with Crippen LogP contribution in [0.2, 0.25) is 5.02 Å². The van der Waals surface area contributed by atoms with Crippen LogP contribution < -0.4 is 0 Å². The zero-order chi connectivity index (χ0) is 13.2. The van der Waals surface area contributed by atoms with E-state index in [4.69, 9.17) is 11.6 Å². The zero-order valence-electron chi connectivity index (χ0n) is 10.2. The van der Waals surface area contributed by atoms with Crippen LogP contribution in [-0.4, -0.2) is 40.4 Å². The van der Waals surface area contributed by atoms with Gasteiger partial charge in [-0.25, -0.2) is 0 Å². The fraction of sp³-hybridized carbons (Fsp3) is 0.462. The molecule has 5 heteroatoms. The Labute approximate surface area is 116 Å². The van der Waals surface area contributed by atoms with Crippen LogP contribution in [-0.2, 0) is 10.5 Å². The van der Waals surface area contributed by atoms with E-state index in [1.807, 2.05) is 24.3 Å². The largest absolute Gasteiger partial charge is 0.386 e. The Morgan fingerprint density at radius 3 is 2.61 bits per heavy atom. The van der Waals surface area contributed by atoms with Crippen LogP contribution in [0.5, 0.6) is 0 Å². The average molecular weight is 286 g/mol. The molecule has 1 N–H and O–H groups in total. The number of benzene rings is 1. The summed E-state index contributed by atoms with van der Waals surface area (Å²) in [5, 5.41) is 10.3. The number of hydrogen-bond acceptors (Lipinski definition) is 3. The number of rotatable bonds is 4. The van der Waals surface area contributed by atoms with Crippen molar-refractivity contribution in [2.24, 2.45) is 0 Å². The first-order chi connectivity index (χ1) is 8.46. The second-order valence-corrected chi connectivity index (χ2v) is 6.29. The van der Waals surface area contributed by atoms with E-state index in [2.05, 4.69) is 0 Å². The smallest absolute Gasteiger partial charge is 0.232 e. The van der Waals surface area contributed by atoms with Crippen LogP contribution in [0.3, 0.4) is 0 Å². The molecule has 0 atom stereocenters. The Morgan fingerprint density at radius 1 is 1.44 bits per heavy atom. The maximum Gasteiger partial charge on any atom is 0.232 e. The molecule has 18 heavy (non-hydrogen) atoms. The van der Waals surface area contributed by atoms with Gasteiger partial charge in [0.25, 0.3) is 0 Å². The van der Waals surface area contributed by atoms with Crippen molar-refractivity contribution in [3.05, 3.63) is 34.9 Å². The normalized spacial score (nSPS) is 17.4. The zero-order valence-corrected chi connectivity index (χ0v) is 11.8. The molecule has 98 valence electrons. The summed E-state index contributed by atoms with van der Waals surface area (Å²) >= 11 is 7.38. The first kappa shape index (κ1) is 13.7. The summed E-state index contributed by atoms with van der Waals surface area (Å²) in [5.41, 5.74) is 0.476. The van der Waals surface area contributed by atoms with Crippen molar-refractivity contribution in [2.45, 2.75) is 18.3 Å². The third-order valence-corrected chi connectivity index (χ3v) is 4.06. The SMILES string of the molecule is CC1(O)CN(C(=O)CSCc2ccc(Cl)cc2)C1. The second kappa shape index (κ2) is 5.51. The summed E-state index contributed by atoms with van der Waals surface area (Å²) in [6, 6.07) is 7.64. The molecule has 0 radical (unpaired) electrons. The van der Waals surface area contributed by atoms with E-state index in [1.165, 1.54) is 0 Å². The molecule has 1 fully saturated rings. The van der Waals surface area contributed by atoms with E-state index >= 15 is 0 Å². The van der Waals surface area contributed by atoms with Gasteiger partial charge >= 0.3 is 0 Å². The quantitative estimate of drug-likeness (QED) is 0.922. The highest BCUT2D eigenvalue weighted by Crippen LogP contribution is 2.22. The summed E-state index contributed by atoms with van der Waals surface area (Å²) in [7, 11) is 0. The molecule has 0 spiro atoms. The van der Waals surface area contributed by atoms with Gasteiger partial charge in [-0.3, -0.25) is 4.79 Å². The molecule has 2 rings (SSSR count). The maximum atomic E-state index is 11.7. The minimum Gasteiger partial charge on any atom is -0.386 e. The molecular formula is C13H16ClNO2S. The molecule has 3 nitrogen and oxygen atoms in total. The molecule has 1 aliphatic heterocycles. The first-order valence-corrected chi connectivity index (χ1v) is 7.32. The van der Waals surface area contributed by atoms with Gasteiger partial charge in [0.2, 0.25) is 5.91 Å². The second-order valence-electron chi connectivity index (χ2n) is 4.87. The van der Waals surface area contributed by atoms with Crippen molar-refractivity contribution in [3.8, 4) is 0 Å². The van der Waals surface area contributed by atoms with Crippen molar-refractivity contribution in [1.29, 1.82) is 0 Å². The average Bonchev–Trinajstić information content (AvgIpc) is 2.28. The molecule has 1 heterocycles. The standard InChI is InChI=1S/C13H16ClNO2S/c1-13(17)8-15(9-13)12(16)7-18-6-10-2-4-11(14)5-3-10/h2-5,17H,6-9H2,1H3. The number of hydrogen-bond donors (Lipinski definition) is 1. The Bertz CT molecular complexity index is 425.